The van der Waals surface area contributed by atoms with E-state index in [-0.39, 0.29) is 18.3 Å². The molecule has 1 aliphatic carbocycles. The summed E-state index contributed by atoms with van der Waals surface area (Å²) < 4.78 is 5.68. The Bertz CT molecular complexity index is 238. The molecular weight excluding hydrogens is 228 g/mol. The number of amides is 1. The topological polar surface area (TPSA) is 41.6 Å². The van der Waals surface area contributed by atoms with E-state index < -0.39 is 0 Å². The standard InChI is InChI=1S/C11H20N2O2.ClH/c1-12-6-5-11(14)13-7-8-15-10-4-2-3-9(10)13;/h9-10,12H,2-8H2,1H3;1H. The minimum atomic E-state index is 0. The fourth-order valence-electron chi connectivity index (χ4n) is 2.61. The molecule has 1 saturated heterocycles. The zero-order valence-electron chi connectivity index (χ0n) is 9.78. The average Bonchev–Trinajstić information content (AvgIpc) is 2.73. The molecule has 2 aliphatic rings. The van der Waals surface area contributed by atoms with E-state index in [1.165, 1.54) is 6.42 Å². The first kappa shape index (κ1) is 13.7. The van der Waals surface area contributed by atoms with Gasteiger partial charge in [0.25, 0.3) is 0 Å². The summed E-state index contributed by atoms with van der Waals surface area (Å²) in [5.74, 6) is 0.282. The van der Waals surface area contributed by atoms with Crippen LogP contribution in [0.1, 0.15) is 25.7 Å². The van der Waals surface area contributed by atoms with Crippen LogP contribution in [-0.2, 0) is 9.53 Å². The molecule has 0 aromatic heterocycles. The molecular formula is C11H21ClN2O2. The molecule has 1 heterocycles. The Hall–Kier alpha value is -0.320. The highest BCUT2D eigenvalue weighted by Crippen LogP contribution is 2.29. The van der Waals surface area contributed by atoms with Crippen LogP contribution in [-0.4, -0.2) is 49.7 Å². The maximum absolute atomic E-state index is 11.9. The Labute approximate surface area is 103 Å². The summed E-state index contributed by atoms with van der Waals surface area (Å²) in [5.41, 5.74) is 0. The van der Waals surface area contributed by atoms with E-state index in [2.05, 4.69) is 5.32 Å². The van der Waals surface area contributed by atoms with Gasteiger partial charge in [0.2, 0.25) is 5.91 Å². The average molecular weight is 249 g/mol. The maximum Gasteiger partial charge on any atom is 0.224 e. The van der Waals surface area contributed by atoms with Gasteiger partial charge in [-0.1, -0.05) is 0 Å². The van der Waals surface area contributed by atoms with Crippen molar-refractivity contribution >= 4 is 18.3 Å². The third-order valence-electron chi connectivity index (χ3n) is 3.39. The van der Waals surface area contributed by atoms with Gasteiger partial charge in [-0.15, -0.1) is 12.4 Å². The number of fused-ring (bicyclic) bond motifs is 1. The first-order valence-electron chi connectivity index (χ1n) is 5.88. The summed E-state index contributed by atoms with van der Waals surface area (Å²) in [6.07, 6.45) is 4.37. The number of morpholine rings is 1. The minimum absolute atomic E-state index is 0. The summed E-state index contributed by atoms with van der Waals surface area (Å²) in [7, 11) is 1.88. The van der Waals surface area contributed by atoms with Crippen LogP contribution < -0.4 is 5.32 Å². The van der Waals surface area contributed by atoms with E-state index in [9.17, 15) is 4.79 Å². The maximum atomic E-state index is 11.9. The number of carbonyl (C=O) groups excluding carboxylic acids is 1. The molecule has 94 valence electrons. The summed E-state index contributed by atoms with van der Waals surface area (Å²) in [6, 6.07) is 0.364. The number of nitrogens with zero attached hydrogens (tertiary/aromatic N) is 1. The zero-order chi connectivity index (χ0) is 10.7. The Kier molecular flexibility index (Phi) is 5.52. The minimum Gasteiger partial charge on any atom is -0.374 e. The van der Waals surface area contributed by atoms with Crippen molar-refractivity contribution in [3.8, 4) is 0 Å². The van der Waals surface area contributed by atoms with E-state index in [4.69, 9.17) is 4.74 Å². The molecule has 1 amide bonds. The van der Waals surface area contributed by atoms with Crippen molar-refractivity contribution in [3.63, 3.8) is 0 Å². The molecule has 0 bridgehead atoms. The van der Waals surface area contributed by atoms with Crippen molar-refractivity contribution in [2.75, 3.05) is 26.7 Å². The fraction of sp³-hybridized carbons (Fsp3) is 0.909. The Morgan fingerprint density at radius 1 is 1.50 bits per heavy atom. The summed E-state index contributed by atoms with van der Waals surface area (Å²) in [6.45, 7) is 2.27. The van der Waals surface area contributed by atoms with Crippen LogP contribution in [0, 0.1) is 0 Å². The lowest BCUT2D eigenvalue weighted by Crippen LogP contribution is -2.51. The number of halogens is 1. The molecule has 2 atom stereocenters. The predicted octanol–water partition coefficient (Wildman–Crippen LogP) is 0.798. The van der Waals surface area contributed by atoms with Crippen LogP contribution in [0.2, 0.25) is 0 Å². The highest BCUT2D eigenvalue weighted by Gasteiger charge is 2.37. The fourth-order valence-corrected chi connectivity index (χ4v) is 2.61. The molecule has 4 nitrogen and oxygen atoms in total. The molecule has 1 aliphatic heterocycles. The van der Waals surface area contributed by atoms with Gasteiger partial charge in [-0.3, -0.25) is 4.79 Å². The Morgan fingerprint density at radius 3 is 3.06 bits per heavy atom. The molecule has 0 aromatic rings. The quantitative estimate of drug-likeness (QED) is 0.803. The van der Waals surface area contributed by atoms with Gasteiger partial charge in [0.05, 0.1) is 18.8 Å². The molecule has 16 heavy (non-hydrogen) atoms. The molecule has 2 unspecified atom stereocenters. The highest BCUT2D eigenvalue weighted by atomic mass is 35.5. The second-order valence-corrected chi connectivity index (χ2v) is 4.35. The van der Waals surface area contributed by atoms with Crippen LogP contribution in [0.25, 0.3) is 0 Å². The molecule has 2 fully saturated rings. The number of hydrogen-bond donors (Lipinski definition) is 1. The Balaban J connectivity index is 0.00000128. The predicted molar refractivity (Wildman–Crippen MR) is 64.9 cm³/mol. The van der Waals surface area contributed by atoms with E-state index in [1.807, 2.05) is 11.9 Å². The van der Waals surface area contributed by atoms with Gasteiger partial charge in [0, 0.05) is 19.5 Å². The normalized spacial score (nSPS) is 28.4. The summed E-state index contributed by atoms with van der Waals surface area (Å²) >= 11 is 0. The third kappa shape index (κ3) is 2.87. The summed E-state index contributed by atoms with van der Waals surface area (Å²) in [4.78, 5) is 14.0. The lowest BCUT2D eigenvalue weighted by atomic mass is 10.1. The van der Waals surface area contributed by atoms with Gasteiger partial charge in [-0.2, -0.15) is 0 Å². The van der Waals surface area contributed by atoms with Crippen LogP contribution in [0.5, 0.6) is 0 Å². The van der Waals surface area contributed by atoms with Crippen LogP contribution in [0.15, 0.2) is 0 Å². The van der Waals surface area contributed by atoms with Crippen molar-refractivity contribution in [3.05, 3.63) is 0 Å². The SMILES string of the molecule is CNCCC(=O)N1CCOC2CCCC21.Cl. The largest absolute Gasteiger partial charge is 0.374 e. The molecule has 1 N–H and O–H groups in total. The van der Waals surface area contributed by atoms with Crippen LogP contribution in [0.3, 0.4) is 0 Å². The molecule has 0 aromatic carbocycles. The van der Waals surface area contributed by atoms with Crippen molar-refractivity contribution < 1.29 is 9.53 Å². The Morgan fingerprint density at radius 2 is 2.31 bits per heavy atom. The summed E-state index contributed by atoms with van der Waals surface area (Å²) in [5, 5.41) is 3.02. The smallest absolute Gasteiger partial charge is 0.224 e. The number of rotatable bonds is 3. The number of hydrogen-bond acceptors (Lipinski definition) is 3. The van der Waals surface area contributed by atoms with Crippen molar-refractivity contribution in [2.24, 2.45) is 0 Å². The van der Waals surface area contributed by atoms with E-state index >= 15 is 0 Å². The first-order chi connectivity index (χ1) is 7.33. The van der Waals surface area contributed by atoms with Gasteiger partial charge in [-0.25, -0.2) is 0 Å². The van der Waals surface area contributed by atoms with Crippen molar-refractivity contribution in [2.45, 2.75) is 37.8 Å². The molecule has 0 spiro atoms. The van der Waals surface area contributed by atoms with Crippen molar-refractivity contribution in [1.29, 1.82) is 0 Å². The van der Waals surface area contributed by atoms with Crippen LogP contribution in [0.4, 0.5) is 0 Å². The molecule has 0 radical (unpaired) electrons. The molecule has 1 saturated carbocycles. The van der Waals surface area contributed by atoms with Gasteiger partial charge in [0.15, 0.2) is 0 Å². The van der Waals surface area contributed by atoms with Crippen molar-refractivity contribution in [1.82, 2.24) is 10.2 Å². The zero-order valence-corrected chi connectivity index (χ0v) is 10.6. The monoisotopic (exact) mass is 248 g/mol. The van der Waals surface area contributed by atoms with E-state index in [1.54, 1.807) is 0 Å². The van der Waals surface area contributed by atoms with Gasteiger partial charge >= 0.3 is 0 Å². The van der Waals surface area contributed by atoms with Crippen LogP contribution >= 0.6 is 12.4 Å². The molecule has 5 heteroatoms. The van der Waals surface area contributed by atoms with E-state index in [0.29, 0.717) is 25.2 Å². The second kappa shape index (κ2) is 6.42. The highest BCUT2D eigenvalue weighted by molar-refractivity contribution is 5.85. The molecule has 2 rings (SSSR count). The van der Waals surface area contributed by atoms with Gasteiger partial charge < -0.3 is 15.0 Å². The number of nitrogens with one attached hydrogen (secondary N) is 1. The second-order valence-electron chi connectivity index (χ2n) is 4.35. The number of carbonyl (C=O) groups is 1. The van der Waals surface area contributed by atoms with Gasteiger partial charge in [0.1, 0.15) is 0 Å². The lowest BCUT2D eigenvalue weighted by Gasteiger charge is -2.37. The van der Waals surface area contributed by atoms with E-state index in [0.717, 1.165) is 25.9 Å². The number of ether oxygens (including phenoxy) is 1. The third-order valence-corrected chi connectivity index (χ3v) is 3.39. The lowest BCUT2D eigenvalue weighted by molar-refractivity contribution is -0.143. The van der Waals surface area contributed by atoms with Gasteiger partial charge in [-0.05, 0) is 26.3 Å². The first-order valence-corrected chi connectivity index (χ1v) is 5.88.